The minimum absolute atomic E-state index is 0.169. The standard InChI is InChI=1S/C17H22N6O2S/c1-17(2,3)19-15(25)12-6-4-5-7-13(12)18-14(24)10-26-16-20-21-22-23(16)11-8-9-11/h4-7,11H,8-10H2,1-3H3,(H,18,24)(H,19,25). The summed E-state index contributed by atoms with van der Waals surface area (Å²) in [5.41, 5.74) is 0.564. The third kappa shape index (κ3) is 4.81. The molecule has 0 aliphatic heterocycles. The minimum Gasteiger partial charge on any atom is -0.347 e. The van der Waals surface area contributed by atoms with Crippen LogP contribution in [0.15, 0.2) is 29.4 Å². The molecule has 2 N–H and O–H groups in total. The second kappa shape index (κ2) is 7.45. The Balaban J connectivity index is 1.62. The van der Waals surface area contributed by atoms with Gasteiger partial charge in [0.05, 0.1) is 23.0 Å². The fourth-order valence-electron chi connectivity index (χ4n) is 2.34. The monoisotopic (exact) mass is 374 g/mol. The van der Waals surface area contributed by atoms with Gasteiger partial charge in [-0.25, -0.2) is 4.68 Å². The van der Waals surface area contributed by atoms with Crippen LogP contribution in [0.4, 0.5) is 5.69 Å². The lowest BCUT2D eigenvalue weighted by Gasteiger charge is -2.21. The first-order chi connectivity index (χ1) is 12.3. The molecule has 1 aromatic heterocycles. The maximum absolute atomic E-state index is 12.4. The first-order valence-corrected chi connectivity index (χ1v) is 9.44. The highest BCUT2D eigenvalue weighted by molar-refractivity contribution is 7.99. The van der Waals surface area contributed by atoms with Crippen molar-refractivity contribution in [3.8, 4) is 0 Å². The minimum atomic E-state index is -0.357. The van der Waals surface area contributed by atoms with Gasteiger partial charge in [-0.15, -0.1) is 5.10 Å². The number of benzene rings is 1. The quantitative estimate of drug-likeness (QED) is 0.752. The van der Waals surface area contributed by atoms with E-state index < -0.39 is 0 Å². The fourth-order valence-corrected chi connectivity index (χ4v) is 3.09. The summed E-state index contributed by atoms with van der Waals surface area (Å²) in [4.78, 5) is 24.8. The number of hydrogen-bond acceptors (Lipinski definition) is 6. The molecule has 0 radical (unpaired) electrons. The molecule has 0 atom stereocenters. The van der Waals surface area contributed by atoms with E-state index in [0.29, 0.717) is 22.4 Å². The Kier molecular flexibility index (Phi) is 5.26. The molecule has 8 nitrogen and oxygen atoms in total. The molecule has 0 saturated heterocycles. The Hall–Kier alpha value is -2.42. The number of nitrogens with one attached hydrogen (secondary N) is 2. The molecular weight excluding hydrogens is 352 g/mol. The summed E-state index contributed by atoms with van der Waals surface area (Å²) in [6.07, 6.45) is 2.14. The van der Waals surface area contributed by atoms with Crippen molar-refractivity contribution in [3.05, 3.63) is 29.8 Å². The summed E-state index contributed by atoms with van der Waals surface area (Å²) < 4.78 is 1.77. The van der Waals surface area contributed by atoms with Crippen LogP contribution in [0.2, 0.25) is 0 Å². The Morgan fingerprint density at radius 3 is 2.69 bits per heavy atom. The number of amides is 2. The van der Waals surface area contributed by atoms with Gasteiger partial charge >= 0.3 is 0 Å². The average molecular weight is 374 g/mol. The first kappa shape index (κ1) is 18.4. The van der Waals surface area contributed by atoms with Crippen LogP contribution >= 0.6 is 11.8 Å². The van der Waals surface area contributed by atoms with Crippen LogP contribution in [-0.2, 0) is 4.79 Å². The lowest BCUT2D eigenvalue weighted by Crippen LogP contribution is -2.40. The van der Waals surface area contributed by atoms with Crippen molar-refractivity contribution in [2.75, 3.05) is 11.1 Å². The van der Waals surface area contributed by atoms with Gasteiger partial charge in [-0.2, -0.15) is 0 Å². The third-order valence-corrected chi connectivity index (χ3v) is 4.56. The Morgan fingerprint density at radius 2 is 2.00 bits per heavy atom. The molecule has 1 aliphatic carbocycles. The van der Waals surface area contributed by atoms with Crippen LogP contribution in [0.5, 0.6) is 0 Å². The van der Waals surface area contributed by atoms with Crippen LogP contribution in [0.1, 0.15) is 50.0 Å². The van der Waals surface area contributed by atoms with Crippen LogP contribution in [-0.4, -0.2) is 43.3 Å². The normalized spacial score (nSPS) is 14.1. The first-order valence-electron chi connectivity index (χ1n) is 8.45. The SMILES string of the molecule is CC(C)(C)NC(=O)c1ccccc1NC(=O)CSc1nnnn1C1CC1. The lowest BCUT2D eigenvalue weighted by molar-refractivity contribution is -0.113. The molecule has 26 heavy (non-hydrogen) atoms. The summed E-state index contributed by atoms with van der Waals surface area (Å²) in [5.74, 6) is -0.266. The highest BCUT2D eigenvalue weighted by Crippen LogP contribution is 2.36. The van der Waals surface area contributed by atoms with Gasteiger partial charge in [-0.1, -0.05) is 23.9 Å². The number of carbonyl (C=O) groups is 2. The second-order valence-electron chi connectivity index (χ2n) is 7.22. The molecule has 0 spiro atoms. The number of anilines is 1. The van der Waals surface area contributed by atoms with Crippen LogP contribution in [0, 0.1) is 0 Å². The van der Waals surface area contributed by atoms with Gasteiger partial charge in [0.1, 0.15) is 0 Å². The van der Waals surface area contributed by atoms with Gasteiger partial charge in [0, 0.05) is 5.54 Å². The van der Waals surface area contributed by atoms with Crippen molar-refractivity contribution in [2.24, 2.45) is 0 Å². The van der Waals surface area contributed by atoms with E-state index in [2.05, 4.69) is 26.2 Å². The van der Waals surface area contributed by atoms with E-state index in [1.807, 2.05) is 20.8 Å². The highest BCUT2D eigenvalue weighted by atomic mass is 32.2. The smallest absolute Gasteiger partial charge is 0.253 e. The van der Waals surface area contributed by atoms with Crippen LogP contribution in [0.3, 0.4) is 0 Å². The molecule has 0 bridgehead atoms. The van der Waals surface area contributed by atoms with E-state index in [0.717, 1.165) is 12.8 Å². The van der Waals surface area contributed by atoms with Gasteiger partial charge in [0.2, 0.25) is 11.1 Å². The predicted octanol–water partition coefficient (Wildman–Crippen LogP) is 2.27. The molecule has 1 aliphatic rings. The lowest BCUT2D eigenvalue weighted by atomic mass is 10.1. The summed E-state index contributed by atoms with van der Waals surface area (Å²) in [6.45, 7) is 5.73. The largest absolute Gasteiger partial charge is 0.347 e. The molecule has 0 unspecified atom stereocenters. The van der Waals surface area contributed by atoms with E-state index in [4.69, 9.17) is 0 Å². The number of carbonyl (C=O) groups excluding carboxylic acids is 2. The zero-order valence-corrected chi connectivity index (χ0v) is 15.8. The van der Waals surface area contributed by atoms with Crippen molar-refractivity contribution < 1.29 is 9.59 Å². The van der Waals surface area contributed by atoms with Gasteiger partial charge in [0.15, 0.2) is 0 Å². The van der Waals surface area contributed by atoms with E-state index in [1.54, 1.807) is 28.9 Å². The summed E-state index contributed by atoms with van der Waals surface area (Å²) in [6, 6.07) is 7.32. The zero-order chi connectivity index (χ0) is 18.7. The average Bonchev–Trinajstić information content (AvgIpc) is 3.30. The molecule has 2 amide bonds. The van der Waals surface area contributed by atoms with Crippen molar-refractivity contribution in [3.63, 3.8) is 0 Å². The molecule has 1 aromatic carbocycles. The molecular formula is C17H22N6O2S. The Bertz CT molecular complexity index is 810. The van der Waals surface area contributed by atoms with E-state index in [9.17, 15) is 9.59 Å². The predicted molar refractivity (Wildman–Crippen MR) is 99.1 cm³/mol. The maximum atomic E-state index is 12.4. The molecule has 1 fully saturated rings. The number of tetrazole rings is 1. The molecule has 1 heterocycles. The van der Waals surface area contributed by atoms with Crippen molar-refractivity contribution >= 4 is 29.3 Å². The molecule has 2 aromatic rings. The van der Waals surface area contributed by atoms with Gasteiger partial charge in [-0.05, 0) is 56.2 Å². The van der Waals surface area contributed by atoms with Gasteiger partial charge in [0.25, 0.3) is 5.91 Å². The van der Waals surface area contributed by atoms with Crippen molar-refractivity contribution in [1.29, 1.82) is 0 Å². The number of thioether (sulfide) groups is 1. The summed E-state index contributed by atoms with van der Waals surface area (Å²) in [7, 11) is 0. The zero-order valence-electron chi connectivity index (χ0n) is 15.0. The molecule has 138 valence electrons. The topological polar surface area (TPSA) is 102 Å². The van der Waals surface area contributed by atoms with Gasteiger partial charge < -0.3 is 10.6 Å². The summed E-state index contributed by atoms with van der Waals surface area (Å²) >= 11 is 1.29. The van der Waals surface area contributed by atoms with E-state index in [-0.39, 0.29) is 23.1 Å². The van der Waals surface area contributed by atoms with E-state index in [1.165, 1.54) is 11.8 Å². The molecule has 3 rings (SSSR count). The van der Waals surface area contributed by atoms with Crippen molar-refractivity contribution in [2.45, 2.75) is 50.4 Å². The van der Waals surface area contributed by atoms with Crippen LogP contribution < -0.4 is 10.6 Å². The molecule has 1 saturated carbocycles. The Labute approximate surface area is 156 Å². The van der Waals surface area contributed by atoms with E-state index >= 15 is 0 Å². The van der Waals surface area contributed by atoms with Gasteiger partial charge in [-0.3, -0.25) is 9.59 Å². The number of hydrogen-bond donors (Lipinski definition) is 2. The number of nitrogens with zero attached hydrogens (tertiary/aromatic N) is 4. The number of rotatable bonds is 6. The van der Waals surface area contributed by atoms with Crippen LogP contribution in [0.25, 0.3) is 0 Å². The van der Waals surface area contributed by atoms with Crippen molar-refractivity contribution in [1.82, 2.24) is 25.5 Å². The summed E-state index contributed by atoms with van der Waals surface area (Å²) in [5, 5.41) is 17.9. The maximum Gasteiger partial charge on any atom is 0.253 e. The molecule has 9 heteroatoms. The fraction of sp³-hybridized carbons (Fsp3) is 0.471. The third-order valence-electron chi connectivity index (χ3n) is 3.62. The second-order valence-corrected chi connectivity index (χ2v) is 8.17. The number of para-hydroxylation sites is 1. The number of aromatic nitrogens is 4. The Morgan fingerprint density at radius 1 is 1.27 bits per heavy atom. The highest BCUT2D eigenvalue weighted by Gasteiger charge is 2.28.